The van der Waals surface area contributed by atoms with Gasteiger partial charge in [0.15, 0.2) is 0 Å². The second kappa shape index (κ2) is 3.84. The molecule has 1 aliphatic rings. The molecule has 5 heteroatoms. The summed E-state index contributed by atoms with van der Waals surface area (Å²) in [6.07, 6.45) is 3.49. The van der Waals surface area contributed by atoms with E-state index in [0.717, 1.165) is 5.71 Å². The number of aromatic nitrogens is 1. The predicted octanol–water partition coefficient (Wildman–Crippen LogP) is 1.80. The van der Waals surface area contributed by atoms with E-state index in [1.807, 2.05) is 20.8 Å². The number of carbonyl (C=O) groups excluding carboxylic acids is 1. The zero-order valence-electron chi connectivity index (χ0n) is 10.3. The van der Waals surface area contributed by atoms with E-state index in [1.54, 1.807) is 18.5 Å². The molecular weight excluding hydrogens is 216 g/mol. The SMILES string of the molecule is CC(C)(C)C1=NN(c2cncc(N)c2)C(=O)C1. The lowest BCUT2D eigenvalue weighted by molar-refractivity contribution is -0.116. The maximum Gasteiger partial charge on any atom is 0.253 e. The number of hydrogen-bond donors (Lipinski definition) is 1. The van der Waals surface area contributed by atoms with Gasteiger partial charge in [0.2, 0.25) is 0 Å². The first-order chi connectivity index (χ1) is 7.88. The molecule has 0 saturated carbocycles. The first-order valence-electron chi connectivity index (χ1n) is 5.49. The van der Waals surface area contributed by atoms with Crippen LogP contribution >= 0.6 is 0 Å². The van der Waals surface area contributed by atoms with Gasteiger partial charge < -0.3 is 5.73 Å². The molecule has 5 nitrogen and oxygen atoms in total. The molecule has 0 aliphatic carbocycles. The van der Waals surface area contributed by atoms with Crippen LogP contribution in [0.15, 0.2) is 23.6 Å². The normalized spacial score (nSPS) is 16.3. The Balaban J connectivity index is 2.34. The number of hydrogen-bond acceptors (Lipinski definition) is 4. The minimum absolute atomic E-state index is 0.0395. The summed E-state index contributed by atoms with van der Waals surface area (Å²) in [5.41, 5.74) is 7.57. The molecule has 1 amide bonds. The van der Waals surface area contributed by atoms with Gasteiger partial charge in [-0.2, -0.15) is 10.1 Å². The summed E-state index contributed by atoms with van der Waals surface area (Å²) in [6, 6.07) is 1.69. The second-order valence-electron chi connectivity index (χ2n) is 5.16. The average Bonchev–Trinajstić information content (AvgIpc) is 2.60. The van der Waals surface area contributed by atoms with E-state index >= 15 is 0 Å². The minimum Gasteiger partial charge on any atom is -0.397 e. The van der Waals surface area contributed by atoms with E-state index in [-0.39, 0.29) is 11.3 Å². The van der Waals surface area contributed by atoms with Crippen molar-refractivity contribution < 1.29 is 4.79 Å². The van der Waals surface area contributed by atoms with Crippen molar-refractivity contribution in [1.29, 1.82) is 0 Å². The number of carbonyl (C=O) groups is 1. The quantitative estimate of drug-likeness (QED) is 0.802. The van der Waals surface area contributed by atoms with Gasteiger partial charge in [-0.05, 0) is 6.07 Å². The molecule has 1 aromatic rings. The van der Waals surface area contributed by atoms with Gasteiger partial charge in [0, 0.05) is 11.6 Å². The third-order valence-electron chi connectivity index (χ3n) is 2.63. The van der Waals surface area contributed by atoms with Crippen molar-refractivity contribution in [3.63, 3.8) is 0 Å². The summed E-state index contributed by atoms with van der Waals surface area (Å²) in [5, 5.41) is 5.74. The van der Waals surface area contributed by atoms with Gasteiger partial charge in [0.25, 0.3) is 5.91 Å². The van der Waals surface area contributed by atoms with Gasteiger partial charge >= 0.3 is 0 Å². The number of nitrogens with zero attached hydrogens (tertiary/aromatic N) is 3. The van der Waals surface area contributed by atoms with E-state index in [2.05, 4.69) is 10.1 Å². The summed E-state index contributed by atoms with van der Waals surface area (Å²) in [4.78, 5) is 15.8. The molecule has 90 valence electrons. The molecule has 2 heterocycles. The van der Waals surface area contributed by atoms with Gasteiger partial charge in [-0.15, -0.1) is 0 Å². The predicted molar refractivity (Wildman–Crippen MR) is 67.6 cm³/mol. The summed E-state index contributed by atoms with van der Waals surface area (Å²) in [5.74, 6) is -0.0395. The molecule has 1 aliphatic heterocycles. The van der Waals surface area contributed by atoms with Crippen LogP contribution in [0.25, 0.3) is 0 Å². The molecule has 2 N–H and O–H groups in total. The first-order valence-corrected chi connectivity index (χ1v) is 5.49. The summed E-state index contributed by atoms with van der Waals surface area (Å²) in [7, 11) is 0. The fourth-order valence-corrected chi connectivity index (χ4v) is 1.61. The van der Waals surface area contributed by atoms with Crippen LogP contribution in [0, 0.1) is 5.41 Å². The number of nitrogens with two attached hydrogens (primary N) is 1. The number of rotatable bonds is 1. The number of pyridine rings is 1. The average molecular weight is 232 g/mol. The van der Waals surface area contributed by atoms with Crippen molar-refractivity contribution >= 4 is 23.0 Å². The molecule has 0 bridgehead atoms. The highest BCUT2D eigenvalue weighted by atomic mass is 16.2. The van der Waals surface area contributed by atoms with E-state index in [9.17, 15) is 4.79 Å². The Kier molecular flexibility index (Phi) is 2.61. The highest BCUT2D eigenvalue weighted by Crippen LogP contribution is 2.28. The van der Waals surface area contributed by atoms with Crippen LogP contribution < -0.4 is 10.7 Å². The Hall–Kier alpha value is -1.91. The minimum atomic E-state index is -0.0990. The van der Waals surface area contributed by atoms with Crippen LogP contribution in [-0.4, -0.2) is 16.6 Å². The second-order valence-corrected chi connectivity index (χ2v) is 5.16. The van der Waals surface area contributed by atoms with E-state index in [1.165, 1.54) is 5.01 Å². The van der Waals surface area contributed by atoms with E-state index in [0.29, 0.717) is 17.8 Å². The molecule has 0 spiro atoms. The lowest BCUT2D eigenvalue weighted by atomic mass is 9.88. The van der Waals surface area contributed by atoms with Gasteiger partial charge in [-0.25, -0.2) is 0 Å². The fourth-order valence-electron chi connectivity index (χ4n) is 1.61. The van der Waals surface area contributed by atoms with Gasteiger partial charge in [-0.1, -0.05) is 20.8 Å². The van der Waals surface area contributed by atoms with Crippen LogP contribution in [0.2, 0.25) is 0 Å². The molecule has 17 heavy (non-hydrogen) atoms. The van der Waals surface area contributed by atoms with E-state index < -0.39 is 0 Å². The Bertz CT molecular complexity index is 488. The number of hydrazone groups is 1. The molecule has 0 atom stereocenters. The highest BCUT2D eigenvalue weighted by molar-refractivity contribution is 6.14. The molecule has 0 fully saturated rings. The number of anilines is 2. The molecule has 0 radical (unpaired) electrons. The Morgan fingerprint density at radius 1 is 1.35 bits per heavy atom. The largest absolute Gasteiger partial charge is 0.397 e. The zero-order chi connectivity index (χ0) is 12.6. The maximum atomic E-state index is 11.9. The van der Waals surface area contributed by atoms with Gasteiger partial charge in [0.1, 0.15) is 0 Å². The van der Waals surface area contributed by atoms with Crippen molar-refractivity contribution in [3.05, 3.63) is 18.5 Å². The lowest BCUT2D eigenvalue weighted by Crippen LogP contribution is -2.20. The van der Waals surface area contributed by atoms with Crippen molar-refractivity contribution in [2.75, 3.05) is 10.7 Å². The zero-order valence-corrected chi connectivity index (χ0v) is 10.3. The maximum absolute atomic E-state index is 11.9. The summed E-state index contributed by atoms with van der Waals surface area (Å²) >= 11 is 0. The van der Waals surface area contributed by atoms with Crippen molar-refractivity contribution in [1.82, 2.24) is 4.98 Å². The molecule has 1 aromatic heterocycles. The Morgan fingerprint density at radius 3 is 2.59 bits per heavy atom. The molecule has 0 saturated heterocycles. The molecule has 0 aromatic carbocycles. The molecule has 2 rings (SSSR count). The van der Waals surface area contributed by atoms with Gasteiger partial charge in [0.05, 0.1) is 29.7 Å². The van der Waals surface area contributed by atoms with Crippen LogP contribution in [0.4, 0.5) is 11.4 Å². The van der Waals surface area contributed by atoms with Crippen LogP contribution in [0.1, 0.15) is 27.2 Å². The Morgan fingerprint density at radius 2 is 2.06 bits per heavy atom. The highest BCUT2D eigenvalue weighted by Gasteiger charge is 2.32. The lowest BCUT2D eigenvalue weighted by Gasteiger charge is -2.16. The smallest absolute Gasteiger partial charge is 0.253 e. The van der Waals surface area contributed by atoms with Crippen molar-refractivity contribution in [2.45, 2.75) is 27.2 Å². The molecule has 0 unspecified atom stereocenters. The van der Waals surface area contributed by atoms with Crippen LogP contribution in [0.5, 0.6) is 0 Å². The monoisotopic (exact) mass is 232 g/mol. The van der Waals surface area contributed by atoms with Crippen LogP contribution in [0.3, 0.4) is 0 Å². The Labute approximate surface area is 100 Å². The third-order valence-corrected chi connectivity index (χ3v) is 2.63. The van der Waals surface area contributed by atoms with E-state index in [4.69, 9.17) is 5.73 Å². The molecular formula is C12H16N4O. The van der Waals surface area contributed by atoms with Gasteiger partial charge in [-0.3, -0.25) is 9.78 Å². The summed E-state index contributed by atoms with van der Waals surface area (Å²) < 4.78 is 0. The van der Waals surface area contributed by atoms with Crippen molar-refractivity contribution in [2.24, 2.45) is 10.5 Å². The number of amides is 1. The topological polar surface area (TPSA) is 71.6 Å². The van der Waals surface area contributed by atoms with Crippen LogP contribution in [-0.2, 0) is 4.79 Å². The van der Waals surface area contributed by atoms with Crippen molar-refractivity contribution in [3.8, 4) is 0 Å². The summed E-state index contributed by atoms with van der Waals surface area (Å²) in [6.45, 7) is 6.13. The fraction of sp³-hybridized carbons (Fsp3) is 0.417. The standard InChI is InChI=1S/C12H16N4O/c1-12(2,3)10-5-11(17)16(15-10)9-4-8(13)6-14-7-9/h4,6-7H,5,13H2,1-3H3. The third kappa shape index (κ3) is 2.27. The number of nitrogen functional groups attached to an aromatic ring is 1. The first kappa shape index (κ1) is 11.6.